The second-order valence-electron chi connectivity index (χ2n) is 4.20. The maximum atomic E-state index is 6.13. The lowest BCUT2D eigenvalue weighted by molar-refractivity contribution is 0.0847. The van der Waals surface area contributed by atoms with Crippen molar-refractivity contribution in [1.82, 2.24) is 9.38 Å². The maximum absolute atomic E-state index is 6.13. The molecule has 2 aromatic heterocycles. The first kappa shape index (κ1) is 9.66. The summed E-state index contributed by atoms with van der Waals surface area (Å²) < 4.78 is 7.31. The van der Waals surface area contributed by atoms with Crippen molar-refractivity contribution in [3.63, 3.8) is 0 Å². The van der Waals surface area contributed by atoms with Gasteiger partial charge in [0.1, 0.15) is 11.5 Å². The molecule has 1 fully saturated rings. The maximum Gasteiger partial charge on any atom is 0.138 e. The number of pyridine rings is 1. The average Bonchev–Trinajstić information content (AvgIpc) is 2.69. The minimum atomic E-state index is 0.452. The molecule has 2 aromatic rings. The monoisotopic (exact) mass is 217 g/mol. The smallest absolute Gasteiger partial charge is 0.138 e. The number of ether oxygens (including phenoxy) is 1. The fourth-order valence-corrected chi connectivity index (χ4v) is 2.30. The molecule has 16 heavy (non-hydrogen) atoms. The largest absolute Gasteiger partial charge is 0.383 e. The number of fused-ring (bicyclic) bond motifs is 1. The van der Waals surface area contributed by atoms with Crippen LogP contribution in [0.25, 0.3) is 5.65 Å². The van der Waals surface area contributed by atoms with Gasteiger partial charge in [0.05, 0.1) is 5.69 Å². The Hall–Kier alpha value is -1.55. The van der Waals surface area contributed by atoms with Crippen LogP contribution in [0.5, 0.6) is 0 Å². The van der Waals surface area contributed by atoms with E-state index in [1.54, 1.807) is 0 Å². The Morgan fingerprint density at radius 3 is 2.88 bits per heavy atom. The van der Waals surface area contributed by atoms with Crippen LogP contribution in [-0.4, -0.2) is 22.6 Å². The molecular weight excluding hydrogens is 202 g/mol. The van der Waals surface area contributed by atoms with Crippen molar-refractivity contribution in [3.05, 3.63) is 30.1 Å². The van der Waals surface area contributed by atoms with E-state index in [0.29, 0.717) is 5.92 Å². The lowest BCUT2D eigenvalue weighted by Crippen LogP contribution is -2.15. The molecule has 1 aliphatic heterocycles. The lowest BCUT2D eigenvalue weighted by atomic mass is 9.96. The SMILES string of the molecule is Nc1c(C2CCOCC2)nc2ccccn12. The Labute approximate surface area is 94.0 Å². The molecule has 3 rings (SSSR count). The van der Waals surface area contributed by atoms with Crippen molar-refractivity contribution in [3.8, 4) is 0 Å². The first-order valence-electron chi connectivity index (χ1n) is 5.66. The molecule has 0 spiro atoms. The Morgan fingerprint density at radius 2 is 2.12 bits per heavy atom. The summed E-state index contributed by atoms with van der Waals surface area (Å²) in [5.74, 6) is 1.23. The van der Waals surface area contributed by atoms with Crippen LogP contribution in [0.3, 0.4) is 0 Å². The number of aromatic nitrogens is 2. The van der Waals surface area contributed by atoms with Gasteiger partial charge in [0.2, 0.25) is 0 Å². The Bertz CT molecular complexity index is 500. The second kappa shape index (κ2) is 3.79. The first-order valence-corrected chi connectivity index (χ1v) is 5.66. The van der Waals surface area contributed by atoms with E-state index in [-0.39, 0.29) is 0 Å². The van der Waals surface area contributed by atoms with E-state index in [9.17, 15) is 0 Å². The van der Waals surface area contributed by atoms with Gasteiger partial charge in [0.15, 0.2) is 0 Å². The van der Waals surface area contributed by atoms with Crippen molar-refractivity contribution in [2.24, 2.45) is 0 Å². The summed E-state index contributed by atoms with van der Waals surface area (Å²) in [6.45, 7) is 1.63. The third kappa shape index (κ3) is 1.46. The molecule has 1 saturated heterocycles. The highest BCUT2D eigenvalue weighted by Crippen LogP contribution is 2.30. The zero-order chi connectivity index (χ0) is 11.0. The predicted molar refractivity (Wildman–Crippen MR) is 62.4 cm³/mol. The summed E-state index contributed by atoms with van der Waals surface area (Å²) in [4.78, 5) is 4.62. The average molecular weight is 217 g/mol. The van der Waals surface area contributed by atoms with Crippen molar-refractivity contribution in [2.45, 2.75) is 18.8 Å². The van der Waals surface area contributed by atoms with Crippen molar-refractivity contribution >= 4 is 11.5 Å². The highest BCUT2D eigenvalue weighted by molar-refractivity contribution is 5.53. The van der Waals surface area contributed by atoms with Gasteiger partial charge >= 0.3 is 0 Å². The van der Waals surface area contributed by atoms with Crippen LogP contribution in [0.1, 0.15) is 24.5 Å². The molecular formula is C12H15N3O. The summed E-state index contributed by atoms with van der Waals surface area (Å²) in [6.07, 6.45) is 4.00. The van der Waals surface area contributed by atoms with Crippen molar-refractivity contribution in [2.75, 3.05) is 18.9 Å². The minimum Gasteiger partial charge on any atom is -0.383 e. The molecule has 84 valence electrons. The molecule has 4 heteroatoms. The van der Waals surface area contributed by atoms with Gasteiger partial charge in [0, 0.05) is 25.3 Å². The molecule has 0 bridgehead atoms. The molecule has 0 unspecified atom stereocenters. The standard InChI is InChI=1S/C12H15N3O/c13-12-11(9-4-7-16-8-5-9)14-10-3-1-2-6-15(10)12/h1-3,6,9H,4-5,7-8,13H2. The molecule has 1 aliphatic rings. The summed E-state index contributed by atoms with van der Waals surface area (Å²) in [6, 6.07) is 5.94. The Balaban J connectivity index is 2.05. The molecule has 2 N–H and O–H groups in total. The Morgan fingerprint density at radius 1 is 1.31 bits per heavy atom. The van der Waals surface area contributed by atoms with E-state index in [0.717, 1.165) is 43.2 Å². The van der Waals surface area contributed by atoms with Crippen LogP contribution >= 0.6 is 0 Å². The third-order valence-electron chi connectivity index (χ3n) is 3.20. The van der Waals surface area contributed by atoms with Crippen LogP contribution in [0.15, 0.2) is 24.4 Å². The zero-order valence-corrected chi connectivity index (χ0v) is 9.10. The fourth-order valence-electron chi connectivity index (χ4n) is 2.30. The van der Waals surface area contributed by atoms with Crippen molar-refractivity contribution in [1.29, 1.82) is 0 Å². The van der Waals surface area contributed by atoms with E-state index in [1.807, 2.05) is 28.8 Å². The third-order valence-corrected chi connectivity index (χ3v) is 3.20. The Kier molecular flexibility index (Phi) is 2.29. The number of hydrogen-bond acceptors (Lipinski definition) is 3. The van der Waals surface area contributed by atoms with Gasteiger partial charge in [-0.15, -0.1) is 0 Å². The van der Waals surface area contributed by atoms with E-state index in [2.05, 4.69) is 4.98 Å². The van der Waals surface area contributed by atoms with Gasteiger partial charge in [0.25, 0.3) is 0 Å². The van der Waals surface area contributed by atoms with Gasteiger partial charge in [-0.2, -0.15) is 0 Å². The normalized spacial score (nSPS) is 18.0. The van der Waals surface area contributed by atoms with E-state index < -0.39 is 0 Å². The lowest BCUT2D eigenvalue weighted by Gasteiger charge is -2.20. The number of imidazole rings is 1. The minimum absolute atomic E-state index is 0.452. The number of nitrogen functional groups attached to an aromatic ring is 1. The van der Waals surface area contributed by atoms with Crippen LogP contribution in [0.2, 0.25) is 0 Å². The number of hydrogen-bond donors (Lipinski definition) is 1. The molecule has 0 aromatic carbocycles. The summed E-state index contributed by atoms with van der Waals surface area (Å²) in [5.41, 5.74) is 8.10. The van der Waals surface area contributed by atoms with Gasteiger partial charge in [-0.25, -0.2) is 4.98 Å². The second-order valence-corrected chi connectivity index (χ2v) is 4.20. The molecule has 3 heterocycles. The van der Waals surface area contributed by atoms with E-state index in [1.165, 1.54) is 0 Å². The first-order chi connectivity index (χ1) is 7.86. The van der Waals surface area contributed by atoms with E-state index >= 15 is 0 Å². The topological polar surface area (TPSA) is 52.5 Å². The molecule has 0 atom stereocenters. The summed E-state index contributed by atoms with van der Waals surface area (Å²) in [7, 11) is 0. The molecule has 4 nitrogen and oxygen atoms in total. The highest BCUT2D eigenvalue weighted by Gasteiger charge is 2.21. The molecule has 0 saturated carbocycles. The van der Waals surface area contributed by atoms with Crippen LogP contribution in [0, 0.1) is 0 Å². The molecule has 0 aliphatic carbocycles. The quantitative estimate of drug-likeness (QED) is 0.792. The molecule has 0 radical (unpaired) electrons. The van der Waals surface area contributed by atoms with Crippen LogP contribution in [-0.2, 0) is 4.74 Å². The van der Waals surface area contributed by atoms with Crippen LogP contribution < -0.4 is 5.73 Å². The number of nitrogens with two attached hydrogens (primary N) is 1. The van der Waals surface area contributed by atoms with E-state index in [4.69, 9.17) is 10.5 Å². The predicted octanol–water partition coefficient (Wildman–Crippen LogP) is 1.81. The number of rotatable bonds is 1. The molecule has 0 amide bonds. The van der Waals surface area contributed by atoms with Gasteiger partial charge < -0.3 is 10.5 Å². The summed E-state index contributed by atoms with van der Waals surface area (Å²) in [5, 5.41) is 0. The number of anilines is 1. The zero-order valence-electron chi connectivity index (χ0n) is 9.10. The van der Waals surface area contributed by atoms with Gasteiger partial charge in [-0.1, -0.05) is 6.07 Å². The fraction of sp³-hybridized carbons (Fsp3) is 0.417. The summed E-state index contributed by atoms with van der Waals surface area (Å²) >= 11 is 0. The van der Waals surface area contributed by atoms with Crippen LogP contribution in [0.4, 0.5) is 5.82 Å². The van der Waals surface area contributed by atoms with Crippen molar-refractivity contribution < 1.29 is 4.74 Å². The highest BCUT2D eigenvalue weighted by atomic mass is 16.5. The van der Waals surface area contributed by atoms with Gasteiger partial charge in [-0.3, -0.25) is 4.40 Å². The number of nitrogens with zero attached hydrogens (tertiary/aromatic N) is 2. The van der Waals surface area contributed by atoms with Gasteiger partial charge in [-0.05, 0) is 25.0 Å².